The van der Waals surface area contributed by atoms with Gasteiger partial charge in [0.15, 0.2) is 13.2 Å². The second kappa shape index (κ2) is 14.3. The molecule has 0 spiro atoms. The Morgan fingerprint density at radius 3 is 2.21 bits per heavy atom. The van der Waals surface area contributed by atoms with Crippen LogP contribution in [0.15, 0.2) is 24.2 Å². The van der Waals surface area contributed by atoms with Crippen molar-refractivity contribution in [2.45, 2.75) is 51.8 Å². The van der Waals surface area contributed by atoms with Crippen LogP contribution >= 0.6 is 37.9 Å². The summed E-state index contributed by atoms with van der Waals surface area (Å²) >= 11 is 12.8. The Morgan fingerprint density at radius 1 is 1.04 bits per heavy atom. The second-order valence-electron chi connectivity index (χ2n) is 6.49. The maximum absolute atomic E-state index is 7.88. The summed E-state index contributed by atoms with van der Waals surface area (Å²) in [4.78, 5) is 0. The average molecular weight is 387 g/mol. The average Bonchev–Trinajstić information content (AvgIpc) is 2.55. The summed E-state index contributed by atoms with van der Waals surface area (Å²) in [5.74, 6) is 2.68. The Bertz CT molecular complexity index is 347. The van der Waals surface area contributed by atoms with Crippen LogP contribution in [0, 0.1) is 10.8 Å². The van der Waals surface area contributed by atoms with Gasteiger partial charge in [-0.2, -0.15) is 37.9 Å². The van der Waals surface area contributed by atoms with Crippen molar-refractivity contribution in [1.29, 1.82) is 5.41 Å². The van der Waals surface area contributed by atoms with Crippen molar-refractivity contribution >= 4 is 51.1 Å². The molecule has 0 aliphatic rings. The minimum Gasteiger partial charge on any atom is -0.481 e. The molecule has 6 heteroatoms. The summed E-state index contributed by atoms with van der Waals surface area (Å²) in [7, 11) is 0.997. The predicted molar refractivity (Wildman–Crippen MR) is 121 cm³/mol. The van der Waals surface area contributed by atoms with Gasteiger partial charge in [-0.25, -0.2) is 0 Å². The van der Waals surface area contributed by atoms with Crippen LogP contribution in [0.1, 0.15) is 45.4 Å². The van der Waals surface area contributed by atoms with Gasteiger partial charge in [-0.05, 0) is 54.8 Å². The molecule has 24 heavy (non-hydrogen) atoms. The molecule has 1 unspecified atom stereocenters. The standard InChI is InChI=1S/C18H34BNOS3/c1-4-18(9-5-15(2)6-10-22,13-19-16(3)7-11-23)14-21-17(20)8-12-24/h19-20,22-24H,2-14H2,1H3. The van der Waals surface area contributed by atoms with E-state index in [0.29, 0.717) is 24.7 Å². The molecule has 0 amide bonds. The molecule has 0 bridgehead atoms. The van der Waals surface area contributed by atoms with Crippen molar-refractivity contribution in [1.82, 2.24) is 0 Å². The van der Waals surface area contributed by atoms with Crippen LogP contribution in [0.4, 0.5) is 0 Å². The largest absolute Gasteiger partial charge is 0.481 e. The van der Waals surface area contributed by atoms with Crippen LogP contribution in [0.25, 0.3) is 0 Å². The third kappa shape index (κ3) is 10.8. The number of thiol groups is 3. The molecule has 0 aliphatic heterocycles. The van der Waals surface area contributed by atoms with Crippen molar-refractivity contribution < 1.29 is 4.74 Å². The molecule has 0 aromatic rings. The summed E-state index contributed by atoms with van der Waals surface area (Å²) in [5, 5.41) is 7.88. The zero-order valence-corrected chi connectivity index (χ0v) is 17.8. The molecule has 1 N–H and O–H groups in total. The molecule has 2 nitrogen and oxygen atoms in total. The Balaban J connectivity index is 4.81. The first-order valence-electron chi connectivity index (χ1n) is 8.79. The summed E-state index contributed by atoms with van der Waals surface area (Å²) in [6, 6.07) is 0. The number of allylic oxidation sites excluding steroid dienone is 2. The monoisotopic (exact) mass is 387 g/mol. The van der Waals surface area contributed by atoms with E-state index in [1.807, 2.05) is 0 Å². The minimum absolute atomic E-state index is 0.0714. The molecule has 0 saturated heterocycles. The van der Waals surface area contributed by atoms with Gasteiger partial charge < -0.3 is 4.74 Å². The van der Waals surface area contributed by atoms with Crippen LogP contribution in [-0.4, -0.2) is 37.0 Å². The maximum Gasteiger partial charge on any atom is 0.181 e. The lowest BCUT2D eigenvalue weighted by Gasteiger charge is -2.33. The van der Waals surface area contributed by atoms with Crippen LogP contribution < -0.4 is 0 Å². The highest BCUT2D eigenvalue weighted by atomic mass is 32.1. The molecule has 138 valence electrons. The number of ether oxygens (including phenoxy) is 1. The fourth-order valence-corrected chi connectivity index (χ4v) is 3.42. The molecule has 0 heterocycles. The third-order valence-corrected chi connectivity index (χ3v) is 5.26. The number of rotatable bonds is 15. The Hall–Kier alpha value is 0.0649. The summed E-state index contributed by atoms with van der Waals surface area (Å²) in [5.41, 5.74) is 2.58. The lowest BCUT2D eigenvalue weighted by atomic mass is 9.56. The molecule has 0 aromatic heterocycles. The first-order valence-corrected chi connectivity index (χ1v) is 10.7. The molecular weight excluding hydrogens is 353 g/mol. The van der Waals surface area contributed by atoms with E-state index in [1.54, 1.807) is 0 Å². The van der Waals surface area contributed by atoms with Crippen molar-refractivity contribution in [2.75, 3.05) is 23.9 Å². The summed E-state index contributed by atoms with van der Waals surface area (Å²) in [6.45, 7) is 11.1. The van der Waals surface area contributed by atoms with E-state index in [9.17, 15) is 0 Å². The molecule has 0 fully saturated rings. The van der Waals surface area contributed by atoms with Crippen molar-refractivity contribution in [3.8, 4) is 0 Å². The molecule has 0 saturated carbocycles. The Labute approximate surface area is 166 Å². The number of nitrogens with one attached hydrogen (secondary N) is 1. The van der Waals surface area contributed by atoms with Crippen molar-refractivity contribution in [2.24, 2.45) is 5.41 Å². The van der Waals surface area contributed by atoms with E-state index < -0.39 is 0 Å². The first-order chi connectivity index (χ1) is 11.4. The van der Waals surface area contributed by atoms with E-state index in [0.717, 1.165) is 57.2 Å². The SMILES string of the molecule is C=C(BCC(CC)(CCC(=C)CCS)COC(=N)CCS)CCS. The Kier molecular flexibility index (Phi) is 14.3. The van der Waals surface area contributed by atoms with Gasteiger partial charge in [0.05, 0.1) is 6.61 Å². The van der Waals surface area contributed by atoms with Gasteiger partial charge in [0.25, 0.3) is 0 Å². The normalized spacial score (nSPS) is 13.2. The van der Waals surface area contributed by atoms with Crippen LogP contribution in [0.5, 0.6) is 0 Å². The fraction of sp³-hybridized carbons (Fsp3) is 0.722. The van der Waals surface area contributed by atoms with Crippen LogP contribution in [0.2, 0.25) is 6.32 Å². The zero-order valence-electron chi connectivity index (χ0n) is 15.1. The lowest BCUT2D eigenvalue weighted by molar-refractivity contribution is 0.134. The molecule has 0 rings (SSSR count). The Morgan fingerprint density at radius 2 is 1.67 bits per heavy atom. The van der Waals surface area contributed by atoms with E-state index >= 15 is 0 Å². The van der Waals surface area contributed by atoms with Gasteiger partial charge in [0, 0.05) is 6.42 Å². The smallest absolute Gasteiger partial charge is 0.181 e. The molecular formula is C18H34BNOS3. The topological polar surface area (TPSA) is 33.1 Å². The predicted octanol–water partition coefficient (Wildman–Crippen LogP) is 5.04. The summed E-state index contributed by atoms with van der Waals surface area (Å²) < 4.78 is 5.77. The first kappa shape index (κ1) is 24.1. The number of hydrogen-bond acceptors (Lipinski definition) is 5. The maximum atomic E-state index is 7.88. The summed E-state index contributed by atoms with van der Waals surface area (Å²) in [6.07, 6.45) is 6.62. The molecule has 0 aliphatic carbocycles. The number of hydrogen-bond donors (Lipinski definition) is 4. The molecule has 0 aromatic carbocycles. The third-order valence-electron chi connectivity index (χ3n) is 4.59. The highest BCUT2D eigenvalue weighted by molar-refractivity contribution is 7.80. The van der Waals surface area contributed by atoms with Gasteiger partial charge in [-0.15, -0.1) is 12.1 Å². The fourth-order valence-electron chi connectivity index (χ4n) is 2.59. The second-order valence-corrected chi connectivity index (χ2v) is 7.83. The van der Waals surface area contributed by atoms with Crippen molar-refractivity contribution in [3.63, 3.8) is 0 Å². The van der Waals surface area contributed by atoms with E-state index in [2.05, 4.69) is 58.0 Å². The van der Waals surface area contributed by atoms with Gasteiger partial charge >= 0.3 is 0 Å². The van der Waals surface area contributed by atoms with E-state index in [-0.39, 0.29) is 5.41 Å². The van der Waals surface area contributed by atoms with Gasteiger partial charge in [-0.3, -0.25) is 5.41 Å². The van der Waals surface area contributed by atoms with E-state index in [1.165, 1.54) is 11.0 Å². The van der Waals surface area contributed by atoms with Gasteiger partial charge in [0.1, 0.15) is 0 Å². The van der Waals surface area contributed by atoms with Crippen molar-refractivity contribution in [3.05, 3.63) is 24.2 Å². The van der Waals surface area contributed by atoms with Crippen LogP contribution in [0.3, 0.4) is 0 Å². The van der Waals surface area contributed by atoms with Crippen LogP contribution in [-0.2, 0) is 4.74 Å². The lowest BCUT2D eigenvalue weighted by Crippen LogP contribution is -2.30. The minimum atomic E-state index is 0.0714. The van der Waals surface area contributed by atoms with Gasteiger partial charge in [-0.1, -0.05) is 25.4 Å². The molecule has 1 atom stereocenters. The highest BCUT2D eigenvalue weighted by Gasteiger charge is 2.29. The molecule has 0 radical (unpaired) electrons. The van der Waals surface area contributed by atoms with Gasteiger partial charge in [0.2, 0.25) is 0 Å². The van der Waals surface area contributed by atoms with E-state index in [4.69, 9.17) is 10.1 Å². The zero-order chi connectivity index (χ0) is 18.4. The highest BCUT2D eigenvalue weighted by Crippen LogP contribution is 2.35. The quantitative estimate of drug-likeness (QED) is 0.103.